The van der Waals surface area contributed by atoms with Crippen LogP contribution in [0.3, 0.4) is 0 Å². The van der Waals surface area contributed by atoms with Gasteiger partial charge in [-0.2, -0.15) is 5.26 Å². The number of carbonyl (C=O) groups excluding carboxylic acids is 2. The predicted molar refractivity (Wildman–Crippen MR) is 123 cm³/mol. The van der Waals surface area contributed by atoms with Crippen LogP contribution in [-0.2, 0) is 4.79 Å². The summed E-state index contributed by atoms with van der Waals surface area (Å²) in [7, 11) is 0. The molecule has 2 atom stereocenters. The average molecular weight is 532 g/mol. The normalized spacial score (nSPS) is 21.9. The van der Waals surface area contributed by atoms with Gasteiger partial charge in [-0.05, 0) is 48.7 Å². The van der Waals surface area contributed by atoms with Gasteiger partial charge in [-0.25, -0.2) is 8.78 Å². The highest BCUT2D eigenvalue weighted by atomic mass is 35.5. The second kappa shape index (κ2) is 8.70. The van der Waals surface area contributed by atoms with Crippen molar-refractivity contribution in [1.82, 2.24) is 0 Å². The summed E-state index contributed by atoms with van der Waals surface area (Å²) in [5, 5.41) is 12.0. The van der Waals surface area contributed by atoms with Crippen LogP contribution in [-0.4, -0.2) is 16.0 Å². The molecule has 33 heavy (non-hydrogen) atoms. The highest BCUT2D eigenvalue weighted by Crippen LogP contribution is 2.65. The number of Topliss-reactive ketones (excluding diaryl/α,β-unsaturated/α-hetero) is 1. The minimum Gasteiger partial charge on any atom is -0.326 e. The minimum absolute atomic E-state index is 0.0564. The van der Waals surface area contributed by atoms with Gasteiger partial charge in [0.25, 0.3) is 6.43 Å². The molecule has 1 amide bonds. The third kappa shape index (κ3) is 4.70. The zero-order chi connectivity index (χ0) is 24.1. The predicted octanol–water partition coefficient (Wildman–Crippen LogP) is 7.33. The molecule has 2 aromatic rings. The Morgan fingerprint density at radius 1 is 1.12 bits per heavy atom. The Hall–Kier alpha value is -1.91. The van der Waals surface area contributed by atoms with Crippen molar-refractivity contribution in [2.24, 2.45) is 11.3 Å². The second-order valence-corrected chi connectivity index (χ2v) is 10.6. The van der Waals surface area contributed by atoms with Crippen LogP contribution in [0.25, 0.3) is 0 Å². The number of amides is 1. The average Bonchev–Trinajstić information content (AvgIpc) is 3.64. The molecular formula is C23H16Cl4F2N2O2. The molecule has 0 radical (unpaired) electrons. The van der Waals surface area contributed by atoms with Crippen molar-refractivity contribution in [2.75, 3.05) is 5.32 Å². The van der Waals surface area contributed by atoms with Gasteiger partial charge in [0.15, 0.2) is 5.78 Å². The Morgan fingerprint density at radius 2 is 1.79 bits per heavy atom. The van der Waals surface area contributed by atoms with Crippen LogP contribution in [0.1, 0.15) is 53.1 Å². The van der Waals surface area contributed by atoms with Gasteiger partial charge < -0.3 is 5.32 Å². The van der Waals surface area contributed by atoms with E-state index in [1.54, 1.807) is 0 Å². The fourth-order valence-electron chi connectivity index (χ4n) is 3.91. The molecule has 2 unspecified atom stereocenters. The van der Waals surface area contributed by atoms with E-state index < -0.39 is 33.9 Å². The number of nitriles is 1. The fourth-order valence-corrected chi connectivity index (χ4v) is 5.16. The molecule has 172 valence electrons. The highest BCUT2D eigenvalue weighted by molar-refractivity contribution is 6.53. The van der Waals surface area contributed by atoms with Crippen molar-refractivity contribution in [3.8, 4) is 6.07 Å². The van der Waals surface area contributed by atoms with Crippen molar-refractivity contribution >= 4 is 63.8 Å². The van der Waals surface area contributed by atoms with Crippen LogP contribution in [0.2, 0.25) is 10.0 Å². The summed E-state index contributed by atoms with van der Waals surface area (Å²) in [6, 6.07) is 10.6. The van der Waals surface area contributed by atoms with Crippen LogP contribution in [0, 0.1) is 22.7 Å². The quantitative estimate of drug-likeness (QED) is 0.300. The molecule has 4 rings (SSSR count). The number of halogens is 6. The molecule has 0 aromatic heterocycles. The van der Waals surface area contributed by atoms with Crippen LogP contribution >= 0.6 is 46.4 Å². The largest absolute Gasteiger partial charge is 0.326 e. The monoisotopic (exact) mass is 530 g/mol. The third-order valence-electron chi connectivity index (χ3n) is 6.07. The molecule has 2 aliphatic rings. The number of nitrogens with zero attached hydrogens (tertiary/aromatic N) is 1. The van der Waals surface area contributed by atoms with E-state index in [0.717, 1.165) is 0 Å². The van der Waals surface area contributed by atoms with Gasteiger partial charge in [-0.3, -0.25) is 9.59 Å². The number of rotatable bonds is 7. The van der Waals surface area contributed by atoms with Crippen LogP contribution in [0.15, 0.2) is 36.4 Å². The van der Waals surface area contributed by atoms with Gasteiger partial charge in [0, 0.05) is 34.2 Å². The molecule has 2 aliphatic carbocycles. The maximum Gasteiger partial charge on any atom is 0.265 e. The number of benzene rings is 2. The Kier molecular flexibility index (Phi) is 6.39. The summed E-state index contributed by atoms with van der Waals surface area (Å²) in [6.07, 6.45) is -1.40. The molecular weight excluding hydrogens is 516 g/mol. The van der Waals surface area contributed by atoms with E-state index in [2.05, 4.69) is 11.4 Å². The maximum atomic E-state index is 13.2. The highest BCUT2D eigenvalue weighted by Gasteiger charge is 2.67. The Labute approximate surface area is 208 Å². The lowest BCUT2D eigenvalue weighted by atomic mass is 9.96. The topological polar surface area (TPSA) is 70.0 Å². The summed E-state index contributed by atoms with van der Waals surface area (Å²) < 4.78 is 24.9. The molecule has 1 N–H and O–H groups in total. The number of hydrogen-bond donors (Lipinski definition) is 1. The van der Waals surface area contributed by atoms with Gasteiger partial charge in [-0.15, -0.1) is 23.2 Å². The smallest absolute Gasteiger partial charge is 0.265 e. The van der Waals surface area contributed by atoms with Crippen LogP contribution in [0.4, 0.5) is 14.5 Å². The van der Waals surface area contributed by atoms with Crippen molar-refractivity contribution < 1.29 is 18.4 Å². The van der Waals surface area contributed by atoms with Crippen molar-refractivity contribution in [2.45, 2.75) is 35.9 Å². The molecule has 0 bridgehead atoms. The lowest BCUT2D eigenvalue weighted by Crippen LogP contribution is -2.17. The van der Waals surface area contributed by atoms with Crippen molar-refractivity contribution in [3.63, 3.8) is 0 Å². The zero-order valence-electron chi connectivity index (χ0n) is 16.8. The number of nitrogens with one attached hydrogen (secondary N) is 1. The van der Waals surface area contributed by atoms with E-state index in [1.807, 2.05) is 0 Å². The fraction of sp³-hybridized carbons (Fsp3) is 0.348. The molecule has 10 heteroatoms. The third-order valence-corrected chi connectivity index (χ3v) is 7.69. The molecule has 2 fully saturated rings. The van der Waals surface area contributed by atoms with Crippen molar-refractivity contribution in [1.29, 1.82) is 5.26 Å². The van der Waals surface area contributed by atoms with Crippen LogP contribution in [0.5, 0.6) is 0 Å². The molecule has 0 saturated heterocycles. The summed E-state index contributed by atoms with van der Waals surface area (Å²) >= 11 is 24.6. The lowest BCUT2D eigenvalue weighted by Gasteiger charge is -2.10. The van der Waals surface area contributed by atoms with E-state index in [-0.39, 0.29) is 33.4 Å². The molecule has 0 heterocycles. The molecule has 2 aromatic carbocycles. The minimum atomic E-state index is -2.79. The van der Waals surface area contributed by atoms with Gasteiger partial charge in [0.1, 0.15) is 4.33 Å². The number of ketones is 1. The van der Waals surface area contributed by atoms with Crippen LogP contribution < -0.4 is 5.32 Å². The zero-order valence-corrected chi connectivity index (χ0v) is 19.9. The molecule has 0 spiro atoms. The number of anilines is 1. The SMILES string of the molecule is N#CC1(CC(=O)c2cc(NC(=O)C3C(c4ccc(Cl)c(C(F)F)c4)C3(Cl)Cl)ccc2Cl)CC1. The first-order chi connectivity index (χ1) is 15.5. The summed E-state index contributed by atoms with van der Waals surface area (Å²) in [4.78, 5) is 25.6. The van der Waals surface area contributed by atoms with E-state index in [4.69, 9.17) is 46.4 Å². The van der Waals surface area contributed by atoms with Gasteiger partial charge in [-0.1, -0.05) is 29.3 Å². The molecule has 4 nitrogen and oxygen atoms in total. The van der Waals surface area contributed by atoms with Gasteiger partial charge in [0.2, 0.25) is 5.91 Å². The first-order valence-electron chi connectivity index (χ1n) is 9.99. The standard InChI is InChI=1S/C23H16Cl4F2N2O2/c24-15-4-2-12(8-13(15)17(32)9-22(10-30)5-6-22)31-21(33)19-18(23(19,26)27)11-1-3-16(25)14(7-11)20(28)29/h1-4,7-8,18-20H,5-6,9H2,(H,31,33). The molecule has 2 saturated carbocycles. The first kappa shape index (κ1) is 24.2. The van der Waals surface area contributed by atoms with E-state index >= 15 is 0 Å². The number of alkyl halides is 4. The van der Waals surface area contributed by atoms with E-state index in [1.165, 1.54) is 36.4 Å². The summed E-state index contributed by atoms with van der Waals surface area (Å²) in [5.41, 5.74) is -0.124. The van der Waals surface area contributed by atoms with Gasteiger partial charge >= 0.3 is 0 Å². The summed E-state index contributed by atoms with van der Waals surface area (Å²) in [6.45, 7) is 0. The second-order valence-electron chi connectivity index (χ2n) is 8.39. The Balaban J connectivity index is 1.51. The van der Waals surface area contributed by atoms with Crippen molar-refractivity contribution in [3.05, 3.63) is 63.1 Å². The summed E-state index contributed by atoms with van der Waals surface area (Å²) in [5.74, 6) is -2.44. The first-order valence-corrected chi connectivity index (χ1v) is 11.5. The van der Waals surface area contributed by atoms with E-state index in [9.17, 15) is 23.6 Å². The lowest BCUT2D eigenvalue weighted by molar-refractivity contribution is -0.117. The maximum absolute atomic E-state index is 13.2. The Bertz CT molecular complexity index is 1190. The Morgan fingerprint density at radius 3 is 2.39 bits per heavy atom. The number of hydrogen-bond acceptors (Lipinski definition) is 3. The number of carbonyl (C=O) groups is 2. The molecule has 0 aliphatic heterocycles. The van der Waals surface area contributed by atoms with Gasteiger partial charge in [0.05, 0.1) is 22.4 Å². The van der Waals surface area contributed by atoms with E-state index in [0.29, 0.717) is 24.1 Å².